The molecule has 74 valence electrons. The second-order valence-corrected chi connectivity index (χ2v) is 3.75. The molecule has 0 saturated carbocycles. The Balaban J connectivity index is 2.03. The van der Waals surface area contributed by atoms with Crippen molar-refractivity contribution in [1.82, 2.24) is 4.90 Å². The minimum atomic E-state index is 0.241. The number of carbonyl (C=O) groups is 1. The molecule has 1 aromatic rings. The van der Waals surface area contributed by atoms with Crippen LogP contribution in [0.15, 0.2) is 24.3 Å². The normalized spacial score (nSPS) is 15.5. The van der Waals surface area contributed by atoms with Crippen LogP contribution in [0, 0.1) is 0 Å². The van der Waals surface area contributed by atoms with E-state index in [1.165, 1.54) is 5.56 Å². The second kappa shape index (κ2) is 3.93. The van der Waals surface area contributed by atoms with Crippen molar-refractivity contribution in [1.29, 1.82) is 0 Å². The van der Waals surface area contributed by atoms with Gasteiger partial charge >= 0.3 is 0 Å². The first-order chi connectivity index (χ1) is 6.79. The first kappa shape index (κ1) is 9.41. The molecule has 0 aliphatic carbocycles. The highest BCUT2D eigenvalue weighted by Gasteiger charge is 2.20. The number of benzene rings is 1. The van der Waals surface area contributed by atoms with Gasteiger partial charge in [-0.15, -0.1) is 0 Å². The van der Waals surface area contributed by atoms with Crippen molar-refractivity contribution in [2.45, 2.75) is 13.3 Å². The van der Waals surface area contributed by atoms with Gasteiger partial charge in [0.1, 0.15) is 0 Å². The SMILES string of the molecule is CCc1ccc(C(=O)CN2CC2)cc1. The Hall–Kier alpha value is -1.15. The summed E-state index contributed by atoms with van der Waals surface area (Å²) >= 11 is 0. The summed E-state index contributed by atoms with van der Waals surface area (Å²) in [7, 11) is 0. The van der Waals surface area contributed by atoms with E-state index in [1.807, 2.05) is 24.3 Å². The largest absolute Gasteiger partial charge is 0.293 e. The first-order valence-corrected chi connectivity index (χ1v) is 5.14. The summed E-state index contributed by atoms with van der Waals surface area (Å²) in [6.07, 6.45) is 1.03. The molecule has 0 unspecified atom stereocenters. The summed E-state index contributed by atoms with van der Waals surface area (Å²) in [6.45, 7) is 4.87. The van der Waals surface area contributed by atoms with E-state index < -0.39 is 0 Å². The molecule has 2 rings (SSSR count). The van der Waals surface area contributed by atoms with Crippen LogP contribution < -0.4 is 0 Å². The average Bonchev–Trinajstić information content (AvgIpc) is 3.02. The molecule has 0 N–H and O–H groups in total. The van der Waals surface area contributed by atoms with Gasteiger partial charge in [0.25, 0.3) is 0 Å². The molecule has 0 aromatic heterocycles. The Morgan fingerprint density at radius 3 is 2.43 bits per heavy atom. The Morgan fingerprint density at radius 1 is 1.29 bits per heavy atom. The number of hydrogen-bond donors (Lipinski definition) is 0. The molecular weight excluding hydrogens is 174 g/mol. The van der Waals surface area contributed by atoms with Gasteiger partial charge in [0.15, 0.2) is 5.78 Å². The van der Waals surface area contributed by atoms with Gasteiger partial charge in [-0.2, -0.15) is 0 Å². The summed E-state index contributed by atoms with van der Waals surface area (Å²) < 4.78 is 0. The molecule has 0 bridgehead atoms. The summed E-state index contributed by atoms with van der Waals surface area (Å²) in [5.41, 5.74) is 2.13. The second-order valence-electron chi connectivity index (χ2n) is 3.75. The van der Waals surface area contributed by atoms with E-state index in [-0.39, 0.29) is 5.78 Å². The Labute approximate surface area is 84.5 Å². The fraction of sp³-hybridized carbons (Fsp3) is 0.417. The maximum absolute atomic E-state index is 11.7. The van der Waals surface area contributed by atoms with Crippen molar-refractivity contribution < 1.29 is 4.79 Å². The third kappa shape index (κ3) is 2.20. The van der Waals surface area contributed by atoms with E-state index in [4.69, 9.17) is 0 Å². The van der Waals surface area contributed by atoms with Gasteiger partial charge in [0.2, 0.25) is 0 Å². The number of hydrogen-bond acceptors (Lipinski definition) is 2. The van der Waals surface area contributed by atoms with Crippen LogP contribution in [0.1, 0.15) is 22.8 Å². The lowest BCUT2D eigenvalue weighted by Gasteiger charge is -2.02. The predicted molar refractivity (Wildman–Crippen MR) is 56.6 cm³/mol. The monoisotopic (exact) mass is 189 g/mol. The minimum absolute atomic E-state index is 0.241. The van der Waals surface area contributed by atoms with E-state index in [1.54, 1.807) is 0 Å². The standard InChI is InChI=1S/C12H15NO/c1-2-10-3-5-11(6-4-10)12(14)9-13-7-8-13/h3-6H,2,7-9H2,1H3. The van der Waals surface area contributed by atoms with E-state index in [0.717, 1.165) is 25.1 Å². The summed E-state index contributed by atoms with van der Waals surface area (Å²) in [6, 6.07) is 7.94. The van der Waals surface area contributed by atoms with Gasteiger partial charge in [-0.25, -0.2) is 0 Å². The third-order valence-corrected chi connectivity index (χ3v) is 2.59. The molecule has 1 saturated heterocycles. The molecule has 14 heavy (non-hydrogen) atoms. The average molecular weight is 189 g/mol. The Bertz CT molecular complexity index is 325. The number of aryl methyl sites for hydroxylation is 1. The molecule has 1 fully saturated rings. The molecule has 2 heteroatoms. The molecule has 1 aliphatic rings. The molecule has 1 aromatic carbocycles. The molecule has 0 spiro atoms. The van der Waals surface area contributed by atoms with Crippen molar-refractivity contribution >= 4 is 5.78 Å². The van der Waals surface area contributed by atoms with Gasteiger partial charge in [-0.1, -0.05) is 31.2 Å². The Morgan fingerprint density at radius 2 is 1.93 bits per heavy atom. The number of carbonyl (C=O) groups excluding carboxylic acids is 1. The lowest BCUT2D eigenvalue weighted by molar-refractivity contribution is 0.0974. The Kier molecular flexibility index (Phi) is 2.64. The van der Waals surface area contributed by atoms with Gasteiger partial charge in [-0.05, 0) is 12.0 Å². The zero-order valence-electron chi connectivity index (χ0n) is 8.49. The quantitative estimate of drug-likeness (QED) is 0.531. The van der Waals surface area contributed by atoms with E-state index in [9.17, 15) is 4.79 Å². The van der Waals surface area contributed by atoms with Crippen LogP contribution in [0.25, 0.3) is 0 Å². The van der Waals surface area contributed by atoms with Gasteiger partial charge in [0.05, 0.1) is 6.54 Å². The fourth-order valence-corrected chi connectivity index (χ4v) is 1.45. The molecule has 2 nitrogen and oxygen atoms in total. The van der Waals surface area contributed by atoms with E-state index >= 15 is 0 Å². The lowest BCUT2D eigenvalue weighted by atomic mass is 10.1. The van der Waals surface area contributed by atoms with Crippen molar-refractivity contribution in [2.24, 2.45) is 0 Å². The number of Topliss-reactive ketones (excluding diaryl/α,β-unsaturated/α-hetero) is 1. The summed E-state index contributed by atoms with van der Waals surface area (Å²) in [4.78, 5) is 13.8. The van der Waals surface area contributed by atoms with Crippen molar-refractivity contribution in [3.63, 3.8) is 0 Å². The van der Waals surface area contributed by atoms with Crippen LogP contribution in [-0.4, -0.2) is 30.3 Å². The van der Waals surface area contributed by atoms with Crippen LogP contribution >= 0.6 is 0 Å². The summed E-state index contributed by atoms with van der Waals surface area (Å²) in [5.74, 6) is 0.241. The van der Waals surface area contributed by atoms with E-state index in [2.05, 4.69) is 11.8 Å². The molecule has 1 heterocycles. The molecule has 1 aliphatic heterocycles. The maximum Gasteiger partial charge on any atom is 0.176 e. The zero-order valence-corrected chi connectivity index (χ0v) is 8.49. The van der Waals surface area contributed by atoms with Gasteiger partial charge < -0.3 is 0 Å². The van der Waals surface area contributed by atoms with Crippen LogP contribution in [-0.2, 0) is 6.42 Å². The van der Waals surface area contributed by atoms with Crippen molar-refractivity contribution in [2.75, 3.05) is 19.6 Å². The number of ketones is 1. The fourth-order valence-electron chi connectivity index (χ4n) is 1.45. The zero-order chi connectivity index (χ0) is 9.97. The van der Waals surface area contributed by atoms with Gasteiger partial charge in [-0.3, -0.25) is 9.69 Å². The van der Waals surface area contributed by atoms with Crippen molar-refractivity contribution in [3.8, 4) is 0 Å². The number of rotatable bonds is 4. The number of nitrogens with zero attached hydrogens (tertiary/aromatic N) is 1. The predicted octanol–water partition coefficient (Wildman–Crippen LogP) is 1.75. The highest BCUT2D eigenvalue weighted by atomic mass is 16.1. The summed E-state index contributed by atoms with van der Waals surface area (Å²) in [5, 5.41) is 0. The van der Waals surface area contributed by atoms with Crippen LogP contribution in [0.2, 0.25) is 0 Å². The molecule has 0 amide bonds. The third-order valence-electron chi connectivity index (χ3n) is 2.59. The highest BCUT2D eigenvalue weighted by Crippen LogP contribution is 2.09. The molecular formula is C12H15NO. The highest BCUT2D eigenvalue weighted by molar-refractivity contribution is 5.97. The molecule has 0 radical (unpaired) electrons. The maximum atomic E-state index is 11.7. The van der Waals surface area contributed by atoms with Crippen LogP contribution in [0.5, 0.6) is 0 Å². The van der Waals surface area contributed by atoms with Crippen LogP contribution in [0.3, 0.4) is 0 Å². The lowest BCUT2D eigenvalue weighted by Crippen LogP contribution is -2.12. The smallest absolute Gasteiger partial charge is 0.176 e. The minimum Gasteiger partial charge on any atom is -0.293 e. The van der Waals surface area contributed by atoms with Gasteiger partial charge in [0, 0.05) is 18.7 Å². The van der Waals surface area contributed by atoms with Crippen LogP contribution in [0.4, 0.5) is 0 Å². The topological polar surface area (TPSA) is 20.1 Å². The first-order valence-electron chi connectivity index (χ1n) is 5.14. The van der Waals surface area contributed by atoms with E-state index in [0.29, 0.717) is 6.54 Å². The van der Waals surface area contributed by atoms with Crippen molar-refractivity contribution in [3.05, 3.63) is 35.4 Å². The molecule has 0 atom stereocenters.